The van der Waals surface area contributed by atoms with Gasteiger partial charge in [0.2, 0.25) is 5.91 Å². The van der Waals surface area contributed by atoms with E-state index in [-0.39, 0.29) is 11.7 Å². The van der Waals surface area contributed by atoms with E-state index in [0.717, 1.165) is 44.6 Å². The highest BCUT2D eigenvalue weighted by molar-refractivity contribution is 7.99. The van der Waals surface area contributed by atoms with Crippen molar-refractivity contribution in [3.8, 4) is 22.6 Å². The van der Waals surface area contributed by atoms with Gasteiger partial charge in [0.05, 0.1) is 25.7 Å². The molecule has 0 bridgehead atoms. The van der Waals surface area contributed by atoms with Gasteiger partial charge in [0, 0.05) is 17.8 Å². The summed E-state index contributed by atoms with van der Waals surface area (Å²) in [5.74, 6) is 1.87. The number of benzene rings is 2. The molecule has 0 fully saturated rings. The van der Waals surface area contributed by atoms with E-state index in [0.29, 0.717) is 13.2 Å². The van der Waals surface area contributed by atoms with Gasteiger partial charge >= 0.3 is 0 Å². The summed E-state index contributed by atoms with van der Waals surface area (Å²) in [4.78, 5) is 17.1. The van der Waals surface area contributed by atoms with Crippen LogP contribution in [0.5, 0.6) is 11.5 Å². The SMILES string of the molecule is CCOc1ccc(CNC(=O)CSc2cc(C)nc3c(-c4ccc(OC)cc4)cnn23)cc1. The van der Waals surface area contributed by atoms with Crippen molar-refractivity contribution in [3.05, 3.63) is 72.1 Å². The zero-order valence-electron chi connectivity index (χ0n) is 18.9. The minimum atomic E-state index is -0.0426. The van der Waals surface area contributed by atoms with Crippen LogP contribution in [-0.4, -0.2) is 40.0 Å². The summed E-state index contributed by atoms with van der Waals surface area (Å²) in [5, 5.41) is 8.37. The summed E-state index contributed by atoms with van der Waals surface area (Å²) in [5.41, 5.74) is 4.60. The zero-order chi connectivity index (χ0) is 23.2. The zero-order valence-corrected chi connectivity index (χ0v) is 19.7. The number of nitrogens with zero attached hydrogens (tertiary/aromatic N) is 3. The quantitative estimate of drug-likeness (QED) is 0.291. The van der Waals surface area contributed by atoms with Crippen LogP contribution in [0.15, 0.2) is 65.8 Å². The van der Waals surface area contributed by atoms with Crippen molar-refractivity contribution in [2.75, 3.05) is 19.5 Å². The average molecular weight is 463 g/mol. The van der Waals surface area contributed by atoms with Crippen molar-refractivity contribution < 1.29 is 14.3 Å². The van der Waals surface area contributed by atoms with Crippen LogP contribution in [0.1, 0.15) is 18.2 Å². The van der Waals surface area contributed by atoms with Gasteiger partial charge in [0.25, 0.3) is 0 Å². The predicted octanol–water partition coefficient (Wildman–Crippen LogP) is 4.52. The summed E-state index contributed by atoms with van der Waals surface area (Å²) in [6.45, 7) is 5.00. The van der Waals surface area contributed by atoms with Crippen LogP contribution < -0.4 is 14.8 Å². The predicted molar refractivity (Wildman–Crippen MR) is 130 cm³/mol. The van der Waals surface area contributed by atoms with Crippen LogP contribution in [0, 0.1) is 6.92 Å². The third-order valence-electron chi connectivity index (χ3n) is 5.04. The van der Waals surface area contributed by atoms with Crippen molar-refractivity contribution in [1.29, 1.82) is 0 Å². The molecule has 4 rings (SSSR count). The van der Waals surface area contributed by atoms with Gasteiger partial charge in [-0.15, -0.1) is 0 Å². The minimum absolute atomic E-state index is 0.0426. The lowest BCUT2D eigenvalue weighted by Gasteiger charge is -2.09. The summed E-state index contributed by atoms with van der Waals surface area (Å²) in [6.07, 6.45) is 1.81. The molecule has 0 atom stereocenters. The van der Waals surface area contributed by atoms with E-state index in [1.807, 2.05) is 68.4 Å². The molecule has 0 unspecified atom stereocenters. The second-order valence-electron chi connectivity index (χ2n) is 7.40. The smallest absolute Gasteiger partial charge is 0.230 e. The first-order valence-corrected chi connectivity index (χ1v) is 11.7. The summed E-state index contributed by atoms with van der Waals surface area (Å²) < 4.78 is 12.5. The average Bonchev–Trinajstić information content (AvgIpc) is 3.26. The Balaban J connectivity index is 1.42. The number of aromatic nitrogens is 3. The molecular weight excluding hydrogens is 436 g/mol. The number of hydrogen-bond donors (Lipinski definition) is 1. The monoisotopic (exact) mass is 462 g/mol. The number of fused-ring (bicyclic) bond motifs is 1. The van der Waals surface area contributed by atoms with Crippen LogP contribution in [0.3, 0.4) is 0 Å². The summed E-state index contributed by atoms with van der Waals surface area (Å²) in [7, 11) is 1.65. The van der Waals surface area contributed by atoms with Crippen molar-refractivity contribution in [3.63, 3.8) is 0 Å². The van der Waals surface area contributed by atoms with Gasteiger partial charge in [0.15, 0.2) is 5.65 Å². The fourth-order valence-corrected chi connectivity index (χ4v) is 4.28. The molecule has 0 radical (unpaired) electrons. The highest BCUT2D eigenvalue weighted by atomic mass is 32.2. The Morgan fingerprint density at radius 2 is 1.82 bits per heavy atom. The molecule has 4 aromatic rings. The number of carbonyl (C=O) groups is 1. The van der Waals surface area contributed by atoms with Crippen LogP contribution in [-0.2, 0) is 11.3 Å². The molecule has 2 aromatic heterocycles. The fourth-order valence-electron chi connectivity index (χ4n) is 3.39. The molecule has 0 aliphatic carbocycles. The van der Waals surface area contributed by atoms with E-state index in [4.69, 9.17) is 9.47 Å². The maximum Gasteiger partial charge on any atom is 0.230 e. The van der Waals surface area contributed by atoms with Gasteiger partial charge in [-0.25, -0.2) is 9.50 Å². The third-order valence-corrected chi connectivity index (χ3v) is 6.04. The molecule has 0 aliphatic heterocycles. The number of amides is 1. The molecule has 2 heterocycles. The largest absolute Gasteiger partial charge is 0.497 e. The molecule has 0 saturated heterocycles. The summed E-state index contributed by atoms with van der Waals surface area (Å²) >= 11 is 1.44. The van der Waals surface area contributed by atoms with Crippen molar-refractivity contribution in [1.82, 2.24) is 19.9 Å². The fraction of sp³-hybridized carbons (Fsp3) is 0.240. The first-order chi connectivity index (χ1) is 16.1. The minimum Gasteiger partial charge on any atom is -0.497 e. The Hall–Kier alpha value is -3.52. The van der Waals surface area contributed by atoms with Gasteiger partial charge in [-0.1, -0.05) is 36.0 Å². The lowest BCUT2D eigenvalue weighted by Crippen LogP contribution is -2.24. The maximum atomic E-state index is 12.5. The first kappa shape index (κ1) is 22.7. The van der Waals surface area contributed by atoms with E-state index in [1.165, 1.54) is 11.8 Å². The maximum absolute atomic E-state index is 12.5. The Morgan fingerprint density at radius 1 is 1.09 bits per heavy atom. The van der Waals surface area contributed by atoms with Crippen molar-refractivity contribution >= 4 is 23.3 Å². The molecular formula is C25H26N4O3S. The number of rotatable bonds is 9. The molecule has 8 heteroatoms. The molecule has 7 nitrogen and oxygen atoms in total. The first-order valence-electron chi connectivity index (χ1n) is 10.7. The number of aryl methyl sites for hydroxylation is 1. The standard InChI is InChI=1S/C25H26N4O3S/c1-4-32-21-9-5-18(6-10-21)14-26-23(30)16-33-24-13-17(2)28-25-22(15-27-29(24)25)19-7-11-20(31-3)12-8-19/h5-13,15H,4,14,16H2,1-3H3,(H,26,30). The third kappa shape index (κ3) is 5.46. The molecule has 0 aliphatic rings. The summed E-state index contributed by atoms with van der Waals surface area (Å²) in [6, 6.07) is 17.5. The Bertz CT molecular complexity index is 1240. The Morgan fingerprint density at radius 3 is 2.52 bits per heavy atom. The van der Waals surface area contributed by atoms with Crippen LogP contribution in [0.25, 0.3) is 16.8 Å². The van der Waals surface area contributed by atoms with Gasteiger partial charge in [-0.3, -0.25) is 4.79 Å². The number of methoxy groups -OCH3 is 1. The Labute approximate surface area is 197 Å². The molecule has 33 heavy (non-hydrogen) atoms. The van der Waals surface area contributed by atoms with Crippen molar-refractivity contribution in [2.24, 2.45) is 0 Å². The number of ether oxygens (including phenoxy) is 2. The number of thioether (sulfide) groups is 1. The lowest BCUT2D eigenvalue weighted by molar-refractivity contribution is -0.118. The van der Waals surface area contributed by atoms with Crippen LogP contribution in [0.4, 0.5) is 0 Å². The molecule has 1 amide bonds. The van der Waals surface area contributed by atoms with Gasteiger partial charge in [-0.05, 0) is 55.3 Å². The van der Waals surface area contributed by atoms with E-state index in [1.54, 1.807) is 17.8 Å². The van der Waals surface area contributed by atoms with E-state index in [9.17, 15) is 4.79 Å². The van der Waals surface area contributed by atoms with E-state index < -0.39 is 0 Å². The second-order valence-corrected chi connectivity index (χ2v) is 8.40. The molecule has 170 valence electrons. The molecule has 2 aromatic carbocycles. The Kier molecular flexibility index (Phi) is 7.14. The van der Waals surface area contributed by atoms with E-state index in [2.05, 4.69) is 15.4 Å². The highest BCUT2D eigenvalue weighted by Crippen LogP contribution is 2.28. The van der Waals surface area contributed by atoms with Crippen LogP contribution >= 0.6 is 11.8 Å². The number of carbonyl (C=O) groups excluding carboxylic acids is 1. The normalized spacial score (nSPS) is 10.9. The van der Waals surface area contributed by atoms with Gasteiger partial charge in [0.1, 0.15) is 16.5 Å². The number of nitrogens with one attached hydrogen (secondary N) is 1. The highest BCUT2D eigenvalue weighted by Gasteiger charge is 2.14. The number of hydrogen-bond acceptors (Lipinski definition) is 6. The molecule has 0 spiro atoms. The molecule has 1 N–H and O–H groups in total. The lowest BCUT2D eigenvalue weighted by atomic mass is 10.1. The van der Waals surface area contributed by atoms with Gasteiger partial charge in [-0.2, -0.15) is 5.10 Å². The van der Waals surface area contributed by atoms with Crippen LogP contribution in [0.2, 0.25) is 0 Å². The second kappa shape index (κ2) is 10.4. The van der Waals surface area contributed by atoms with Gasteiger partial charge < -0.3 is 14.8 Å². The topological polar surface area (TPSA) is 77.8 Å². The molecule has 0 saturated carbocycles. The van der Waals surface area contributed by atoms with E-state index >= 15 is 0 Å². The van der Waals surface area contributed by atoms with Crippen molar-refractivity contribution in [2.45, 2.75) is 25.4 Å².